The van der Waals surface area contributed by atoms with E-state index in [1.165, 1.54) is 5.56 Å². The van der Waals surface area contributed by atoms with Gasteiger partial charge in [0.1, 0.15) is 17.4 Å². The first-order valence-corrected chi connectivity index (χ1v) is 8.78. The zero-order valence-electron chi connectivity index (χ0n) is 13.7. The Balaban J connectivity index is 0.000000265. The molecule has 0 saturated heterocycles. The highest BCUT2D eigenvalue weighted by molar-refractivity contribution is 7.80. The molecule has 0 amide bonds. The Morgan fingerprint density at radius 3 is 2.40 bits per heavy atom. The molecule has 7 nitrogen and oxygen atoms in total. The molecule has 0 bridgehead atoms. The molecule has 3 aromatic rings. The number of hydrogen-bond donors (Lipinski definition) is 0. The molecule has 0 atom stereocenters. The smallest absolute Gasteiger partial charge is 0.345 e. The van der Waals surface area contributed by atoms with Gasteiger partial charge >= 0.3 is 5.56 Å². The average Bonchev–Trinajstić information content (AvgIpc) is 2.99. The Bertz CT molecular complexity index is 1120. The van der Waals surface area contributed by atoms with Crippen LogP contribution in [0.15, 0.2) is 53.3 Å². The van der Waals surface area contributed by atoms with Gasteiger partial charge in [0.15, 0.2) is 0 Å². The van der Waals surface area contributed by atoms with Gasteiger partial charge in [0.2, 0.25) is 10.4 Å². The van der Waals surface area contributed by atoms with Gasteiger partial charge in [-0.15, -0.1) is 0 Å². The van der Waals surface area contributed by atoms with Crippen molar-refractivity contribution in [2.75, 3.05) is 7.11 Å². The van der Waals surface area contributed by atoms with Crippen molar-refractivity contribution in [2.24, 2.45) is 7.05 Å². The zero-order chi connectivity index (χ0) is 18.2. The molecule has 1 aromatic heterocycles. The van der Waals surface area contributed by atoms with Crippen LogP contribution in [0.5, 0.6) is 0 Å². The topological polar surface area (TPSA) is 92.3 Å². The van der Waals surface area contributed by atoms with Gasteiger partial charge in [-0.3, -0.25) is 4.18 Å². The van der Waals surface area contributed by atoms with Crippen molar-refractivity contribution in [3.63, 3.8) is 0 Å². The lowest BCUT2D eigenvalue weighted by molar-refractivity contribution is -0.649. The molecule has 0 radical (unpaired) electrons. The number of hydrogen-bond acceptors (Lipinski definition) is 5. The van der Waals surface area contributed by atoms with Crippen molar-refractivity contribution in [1.82, 2.24) is 4.57 Å². The van der Waals surface area contributed by atoms with Crippen LogP contribution in [0, 0.1) is 0 Å². The summed E-state index contributed by atoms with van der Waals surface area (Å²) in [6.45, 7) is 0.833. The minimum Gasteiger partial charge on any atom is -0.726 e. The Morgan fingerprint density at radius 1 is 1.12 bits per heavy atom. The molecule has 8 heteroatoms. The standard InChI is InChI=1S/C16H13N2O.CH4O4S/c1-17-15-12-7-3-2-6-11(12)10-18(15)14-9-5-4-8-13(14)16(17)19;1-5-6(2,3)4/h2-9H,10H2,1H3;1H3,(H,2,3,4)/q+1;/p-1. The zero-order valence-corrected chi connectivity index (χ0v) is 14.5. The van der Waals surface area contributed by atoms with Crippen molar-refractivity contribution in [3.8, 4) is 11.4 Å². The van der Waals surface area contributed by atoms with E-state index in [-0.39, 0.29) is 5.56 Å². The summed E-state index contributed by atoms with van der Waals surface area (Å²) >= 11 is 0. The fourth-order valence-corrected chi connectivity index (χ4v) is 2.99. The molecule has 1 aliphatic heterocycles. The molecular formula is C17H16N2O5S. The van der Waals surface area contributed by atoms with E-state index in [0.717, 1.165) is 35.9 Å². The van der Waals surface area contributed by atoms with E-state index in [0.29, 0.717) is 0 Å². The summed E-state index contributed by atoms with van der Waals surface area (Å²) in [5.74, 6) is 0.999. The molecule has 0 aliphatic carbocycles. The molecule has 0 spiro atoms. The van der Waals surface area contributed by atoms with Gasteiger partial charge < -0.3 is 4.55 Å². The second-order valence-corrected chi connectivity index (χ2v) is 6.67. The number of nitrogens with zero attached hydrogens (tertiary/aromatic N) is 2. The third-order valence-electron chi connectivity index (χ3n) is 4.09. The Morgan fingerprint density at radius 2 is 1.72 bits per heavy atom. The van der Waals surface area contributed by atoms with Crippen molar-refractivity contribution in [3.05, 3.63) is 64.4 Å². The van der Waals surface area contributed by atoms with Crippen LogP contribution in [0.4, 0.5) is 0 Å². The number of rotatable bonds is 1. The molecule has 2 aromatic carbocycles. The summed E-state index contributed by atoms with van der Waals surface area (Å²) < 4.78 is 35.0. The summed E-state index contributed by atoms with van der Waals surface area (Å²) in [5.41, 5.74) is 3.51. The van der Waals surface area contributed by atoms with Crippen LogP contribution in [0.25, 0.3) is 22.3 Å². The summed E-state index contributed by atoms with van der Waals surface area (Å²) in [6.07, 6.45) is 0. The molecule has 1 aliphatic rings. The monoisotopic (exact) mass is 360 g/mol. The first kappa shape index (κ1) is 17.3. The quantitative estimate of drug-likeness (QED) is 0.286. The first-order valence-electron chi connectivity index (χ1n) is 7.45. The fourth-order valence-electron chi connectivity index (χ4n) is 2.99. The molecule has 130 valence electrons. The van der Waals surface area contributed by atoms with E-state index in [1.54, 1.807) is 4.57 Å². The summed E-state index contributed by atoms with van der Waals surface area (Å²) in [5, 5.41) is 0.779. The van der Waals surface area contributed by atoms with E-state index < -0.39 is 10.4 Å². The third-order valence-corrected chi connectivity index (χ3v) is 4.50. The first-order chi connectivity index (χ1) is 11.8. The maximum absolute atomic E-state index is 12.4. The molecule has 25 heavy (non-hydrogen) atoms. The lowest BCUT2D eigenvalue weighted by Crippen LogP contribution is -2.40. The number of benzene rings is 2. The average molecular weight is 360 g/mol. The van der Waals surface area contributed by atoms with Gasteiger partial charge in [-0.25, -0.2) is 17.8 Å². The highest BCUT2D eigenvalue weighted by Crippen LogP contribution is 2.26. The largest absolute Gasteiger partial charge is 0.726 e. The maximum atomic E-state index is 12.4. The summed E-state index contributed by atoms with van der Waals surface area (Å²) in [6, 6.07) is 16.1. The van der Waals surface area contributed by atoms with Crippen LogP contribution in [-0.2, 0) is 28.2 Å². The highest BCUT2D eigenvalue weighted by atomic mass is 32.3. The molecule has 0 N–H and O–H groups in total. The number of fused-ring (bicyclic) bond motifs is 5. The maximum Gasteiger partial charge on any atom is 0.345 e. The molecular weight excluding hydrogens is 344 g/mol. The molecule has 4 rings (SSSR count). The van der Waals surface area contributed by atoms with Gasteiger partial charge in [-0.1, -0.05) is 30.3 Å². The SMILES string of the molecule is COS(=O)(=O)[O-].Cn1c2[n+](c3ccccc3c1=O)Cc1ccccc1-2. The van der Waals surface area contributed by atoms with Crippen molar-refractivity contribution >= 4 is 21.3 Å². The minimum atomic E-state index is -4.41. The van der Waals surface area contributed by atoms with Crippen LogP contribution in [-0.4, -0.2) is 24.6 Å². The highest BCUT2D eigenvalue weighted by Gasteiger charge is 2.30. The second-order valence-electron chi connectivity index (χ2n) is 5.52. The van der Waals surface area contributed by atoms with Gasteiger partial charge in [-0.05, 0) is 18.2 Å². The predicted molar refractivity (Wildman–Crippen MR) is 90.6 cm³/mol. The lowest BCUT2D eigenvalue weighted by atomic mass is 10.1. The van der Waals surface area contributed by atoms with Crippen LogP contribution in [0.1, 0.15) is 5.56 Å². The fraction of sp³-hybridized carbons (Fsp3) is 0.176. The van der Waals surface area contributed by atoms with Crippen molar-refractivity contribution in [1.29, 1.82) is 0 Å². The van der Waals surface area contributed by atoms with Crippen LogP contribution in [0.2, 0.25) is 0 Å². The molecule has 0 unspecified atom stereocenters. The Labute approximate surface area is 144 Å². The Kier molecular flexibility index (Phi) is 4.42. The minimum absolute atomic E-state index is 0.0681. The van der Waals surface area contributed by atoms with E-state index in [1.807, 2.05) is 43.4 Å². The Hall–Kier alpha value is -2.55. The lowest BCUT2D eigenvalue weighted by Gasteiger charge is -2.04. The van der Waals surface area contributed by atoms with Gasteiger partial charge in [0.25, 0.3) is 5.82 Å². The summed E-state index contributed by atoms with van der Waals surface area (Å²) in [7, 11) is -1.75. The third kappa shape index (κ3) is 3.19. The van der Waals surface area contributed by atoms with E-state index in [4.69, 9.17) is 0 Å². The van der Waals surface area contributed by atoms with Gasteiger partial charge in [0, 0.05) is 5.56 Å². The van der Waals surface area contributed by atoms with Crippen molar-refractivity contribution in [2.45, 2.75) is 6.54 Å². The van der Waals surface area contributed by atoms with Crippen LogP contribution < -0.4 is 10.1 Å². The molecule has 0 saturated carbocycles. The summed E-state index contributed by atoms with van der Waals surface area (Å²) in [4.78, 5) is 12.4. The molecule has 0 fully saturated rings. The van der Waals surface area contributed by atoms with Crippen LogP contribution >= 0.6 is 0 Å². The van der Waals surface area contributed by atoms with E-state index in [9.17, 15) is 17.8 Å². The van der Waals surface area contributed by atoms with E-state index >= 15 is 0 Å². The predicted octanol–water partition coefficient (Wildman–Crippen LogP) is 0.948. The second kappa shape index (κ2) is 6.40. The van der Waals surface area contributed by atoms with E-state index in [2.05, 4.69) is 20.9 Å². The normalized spacial score (nSPS) is 12.3. The number of aromatic nitrogens is 2. The van der Waals surface area contributed by atoms with Crippen molar-refractivity contribution < 1.29 is 21.7 Å². The van der Waals surface area contributed by atoms with Gasteiger partial charge in [0.05, 0.1) is 19.7 Å². The van der Waals surface area contributed by atoms with Gasteiger partial charge in [-0.2, -0.15) is 4.57 Å². The molecule has 2 heterocycles. The van der Waals surface area contributed by atoms with Crippen LogP contribution in [0.3, 0.4) is 0 Å². The number of para-hydroxylation sites is 1.